The first-order chi connectivity index (χ1) is 26.6. The Kier molecular flexibility index (Phi) is 13.2. The van der Waals surface area contributed by atoms with Gasteiger partial charge in [0.1, 0.15) is 55.4 Å². The first-order valence-corrected chi connectivity index (χ1v) is 21.4. The summed E-state index contributed by atoms with van der Waals surface area (Å²) in [5.74, 6) is 0.447. The zero-order valence-corrected chi connectivity index (χ0v) is 35.5. The Bertz CT molecular complexity index is 1500. The van der Waals surface area contributed by atoms with Gasteiger partial charge < -0.3 is 59.4 Å². The molecule has 2 heterocycles. The average Bonchev–Trinajstić information content (AvgIpc) is 3.52. The Morgan fingerprint density at radius 1 is 0.719 bits per heavy atom. The second kappa shape index (κ2) is 16.8. The zero-order chi connectivity index (χ0) is 42.0. The third kappa shape index (κ3) is 7.83. The largest absolute Gasteiger partial charge is 0.463 e. The summed E-state index contributed by atoms with van der Waals surface area (Å²) in [7, 11) is 0. The molecule has 2 aliphatic heterocycles. The van der Waals surface area contributed by atoms with Crippen LogP contribution in [-0.4, -0.2) is 129 Å². The number of rotatable bonds is 10. The minimum absolute atomic E-state index is 0.0135. The van der Waals surface area contributed by atoms with E-state index in [-0.39, 0.29) is 28.1 Å². The predicted octanol–water partition coefficient (Wildman–Crippen LogP) is 3.53. The van der Waals surface area contributed by atoms with E-state index >= 15 is 0 Å². The molecular weight excluding hydrogens is 736 g/mol. The molecule has 57 heavy (non-hydrogen) atoms. The van der Waals surface area contributed by atoms with Crippen LogP contribution in [0.4, 0.5) is 0 Å². The highest BCUT2D eigenvalue weighted by atomic mass is 16.8. The molecule has 19 atom stereocenters. The molecule has 0 radical (unpaired) electrons. The van der Waals surface area contributed by atoms with E-state index < -0.39 is 98.2 Å². The Hall–Kier alpha value is -1.49. The van der Waals surface area contributed by atoms with Gasteiger partial charge in [-0.3, -0.25) is 4.79 Å². The molecule has 0 aromatic carbocycles. The molecule has 0 amide bonds. The van der Waals surface area contributed by atoms with Gasteiger partial charge in [0.15, 0.2) is 12.6 Å². The van der Waals surface area contributed by atoms with Gasteiger partial charge in [-0.1, -0.05) is 57.9 Å². The van der Waals surface area contributed by atoms with Crippen LogP contribution in [0.5, 0.6) is 0 Å². The van der Waals surface area contributed by atoms with Crippen LogP contribution in [0, 0.1) is 45.3 Å². The van der Waals surface area contributed by atoms with Gasteiger partial charge in [-0.2, -0.15) is 0 Å². The summed E-state index contributed by atoms with van der Waals surface area (Å²) in [6, 6.07) is 0. The number of esters is 1. The molecule has 6 fully saturated rings. The average molecular weight is 809 g/mol. The van der Waals surface area contributed by atoms with E-state index in [1.165, 1.54) is 18.1 Å². The van der Waals surface area contributed by atoms with Gasteiger partial charge in [-0.15, -0.1) is 0 Å². The topological polar surface area (TPSA) is 205 Å². The predicted molar refractivity (Wildman–Crippen MR) is 209 cm³/mol. The van der Waals surface area contributed by atoms with Crippen molar-refractivity contribution in [2.75, 3.05) is 13.2 Å². The second-order valence-electron chi connectivity index (χ2n) is 20.0. The highest BCUT2D eigenvalue weighted by molar-refractivity contribution is 5.65. The molecule has 0 aromatic heterocycles. The number of aliphatic hydroxyl groups is 7. The molecule has 2 saturated heterocycles. The third-order valence-corrected chi connectivity index (χ3v) is 16.4. The molecule has 13 nitrogen and oxygen atoms in total. The van der Waals surface area contributed by atoms with Crippen molar-refractivity contribution < 1.29 is 64.2 Å². The molecule has 4 saturated carbocycles. The van der Waals surface area contributed by atoms with Crippen molar-refractivity contribution >= 4 is 5.97 Å². The third-order valence-electron chi connectivity index (χ3n) is 16.4. The normalized spacial score (nSPS) is 49.6. The number of ether oxygens (including phenoxy) is 5. The van der Waals surface area contributed by atoms with Crippen molar-refractivity contribution in [2.45, 2.75) is 187 Å². The number of carbonyl (C=O) groups is 1. The van der Waals surface area contributed by atoms with Crippen LogP contribution in [0.25, 0.3) is 0 Å². The SMILES string of the molecule is CC(=O)OC[C@H]1O[C@@H](O[C@H]2[C@H](O[C@H]3CC[C@]4(C)[C@H]5C[C@@H](O)[C@@H]6[C@@H](C(C)=CCC=C(C)C)CC[C@@]6(C)[C@]5(C)CC[C@H]4C3(C)C)O[C@H](CO)[C@@H](O)[C@@H]2O)[C@H](O)[C@@H](O)[C@@H]1O. The van der Waals surface area contributed by atoms with Crippen LogP contribution in [0.15, 0.2) is 23.3 Å². The lowest BCUT2D eigenvalue weighted by Crippen LogP contribution is -2.67. The molecule has 0 bridgehead atoms. The molecule has 326 valence electrons. The quantitative estimate of drug-likeness (QED) is 0.0961. The maximum absolute atomic E-state index is 12.2. The number of fused-ring (bicyclic) bond motifs is 5. The fourth-order valence-corrected chi connectivity index (χ4v) is 13.1. The Morgan fingerprint density at radius 3 is 2.02 bits per heavy atom. The highest BCUT2D eigenvalue weighted by Crippen LogP contribution is 2.75. The van der Waals surface area contributed by atoms with Crippen LogP contribution >= 0.6 is 0 Å². The fraction of sp³-hybridized carbons (Fsp3) is 0.886. The molecule has 0 unspecified atom stereocenters. The maximum Gasteiger partial charge on any atom is 0.302 e. The number of hydrogen-bond acceptors (Lipinski definition) is 13. The van der Waals surface area contributed by atoms with Gasteiger partial charge in [0.2, 0.25) is 0 Å². The minimum atomic E-state index is -1.78. The van der Waals surface area contributed by atoms with Gasteiger partial charge >= 0.3 is 5.97 Å². The summed E-state index contributed by atoms with van der Waals surface area (Å²) in [5, 5.41) is 76.6. The van der Waals surface area contributed by atoms with Crippen LogP contribution in [0.1, 0.15) is 114 Å². The van der Waals surface area contributed by atoms with Gasteiger partial charge in [0.25, 0.3) is 0 Å². The van der Waals surface area contributed by atoms with Gasteiger partial charge in [0.05, 0.1) is 18.8 Å². The minimum Gasteiger partial charge on any atom is -0.463 e. The van der Waals surface area contributed by atoms with Crippen LogP contribution in [0.2, 0.25) is 0 Å². The van der Waals surface area contributed by atoms with Crippen LogP contribution in [-0.2, 0) is 28.5 Å². The summed E-state index contributed by atoms with van der Waals surface area (Å²) >= 11 is 0. The fourth-order valence-electron chi connectivity index (χ4n) is 13.1. The van der Waals surface area contributed by atoms with Crippen molar-refractivity contribution in [3.05, 3.63) is 23.3 Å². The van der Waals surface area contributed by atoms with E-state index in [4.69, 9.17) is 23.7 Å². The summed E-state index contributed by atoms with van der Waals surface area (Å²) in [5.41, 5.74) is 2.21. The van der Waals surface area contributed by atoms with E-state index in [1.807, 2.05) is 0 Å². The Labute approximate surface area is 338 Å². The molecule has 4 aliphatic carbocycles. The lowest BCUT2D eigenvalue weighted by Gasteiger charge is -2.70. The Morgan fingerprint density at radius 2 is 1.37 bits per heavy atom. The number of hydrogen-bond donors (Lipinski definition) is 7. The summed E-state index contributed by atoms with van der Waals surface area (Å²) in [6.07, 6.45) is -4.05. The van der Waals surface area contributed by atoms with Crippen molar-refractivity contribution in [3.63, 3.8) is 0 Å². The number of carbonyl (C=O) groups excluding carboxylic acids is 1. The monoisotopic (exact) mass is 808 g/mol. The Balaban J connectivity index is 1.22. The molecule has 7 N–H and O–H groups in total. The van der Waals surface area contributed by atoms with E-state index in [0.29, 0.717) is 18.3 Å². The van der Waals surface area contributed by atoms with Crippen molar-refractivity contribution in [2.24, 2.45) is 45.3 Å². The first-order valence-electron chi connectivity index (χ1n) is 21.4. The van der Waals surface area contributed by atoms with E-state index in [1.54, 1.807) is 0 Å². The number of allylic oxidation sites excluding steroid dienone is 4. The van der Waals surface area contributed by atoms with Crippen molar-refractivity contribution in [3.8, 4) is 0 Å². The summed E-state index contributed by atoms with van der Waals surface area (Å²) < 4.78 is 29.7. The lowest BCUT2D eigenvalue weighted by molar-refractivity contribution is -0.378. The lowest BCUT2D eigenvalue weighted by atomic mass is 9.35. The van der Waals surface area contributed by atoms with Crippen LogP contribution in [0.3, 0.4) is 0 Å². The highest BCUT2D eigenvalue weighted by Gasteiger charge is 2.70. The maximum atomic E-state index is 12.2. The number of aliphatic hydroxyl groups excluding tert-OH is 7. The van der Waals surface area contributed by atoms with Crippen molar-refractivity contribution in [1.82, 2.24) is 0 Å². The molecule has 13 heteroatoms. The van der Waals surface area contributed by atoms with Gasteiger partial charge in [-0.05, 0) is 117 Å². The second-order valence-corrected chi connectivity index (χ2v) is 20.0. The van der Waals surface area contributed by atoms with E-state index in [9.17, 15) is 40.5 Å². The molecule has 6 aliphatic rings. The van der Waals surface area contributed by atoms with Gasteiger partial charge in [0, 0.05) is 6.92 Å². The van der Waals surface area contributed by atoms with Crippen LogP contribution < -0.4 is 0 Å². The van der Waals surface area contributed by atoms with E-state index in [2.05, 4.69) is 67.5 Å². The first kappa shape index (κ1) is 45.0. The molecular formula is C44H72O13. The molecule has 6 rings (SSSR count). The molecule has 0 spiro atoms. The van der Waals surface area contributed by atoms with Crippen molar-refractivity contribution in [1.29, 1.82) is 0 Å². The zero-order valence-electron chi connectivity index (χ0n) is 35.5. The van der Waals surface area contributed by atoms with Gasteiger partial charge in [-0.25, -0.2) is 0 Å². The summed E-state index contributed by atoms with van der Waals surface area (Å²) in [6.45, 7) is 18.5. The summed E-state index contributed by atoms with van der Waals surface area (Å²) in [4.78, 5) is 11.5. The standard InChI is InChI=1S/C44H72O13/c1-22(2)11-10-12-23(3)25-13-17-44(9)32(25)26(47)19-30-42(7)16-15-31(41(5,6)29(42)14-18-43(30,44)8)56-40-38(36(51)33(48)27(20-45)54-40)57-39-37(52)35(50)34(49)28(55-39)21-53-24(4)46/h11-12,25-40,45,47-52H,10,13-21H2,1-9H3/t25-,26-,27-,28-,29+,30-,31+,32+,33-,34-,35+,36+,37-,38-,39+,40+,42+,43-,44-/m1/s1. The molecule has 0 aromatic rings. The van der Waals surface area contributed by atoms with E-state index in [0.717, 1.165) is 44.9 Å². The smallest absolute Gasteiger partial charge is 0.302 e.